The van der Waals surface area contributed by atoms with E-state index in [1.54, 1.807) is 6.33 Å². The lowest BCUT2D eigenvalue weighted by Gasteiger charge is -2.14. The van der Waals surface area contributed by atoms with E-state index in [2.05, 4.69) is 43.0 Å². The summed E-state index contributed by atoms with van der Waals surface area (Å²) in [5.41, 5.74) is 6.92. The molecule has 0 spiro atoms. The lowest BCUT2D eigenvalue weighted by Crippen LogP contribution is -2.09. The van der Waals surface area contributed by atoms with Crippen LogP contribution in [0.5, 0.6) is 5.75 Å². The first-order valence-electron chi connectivity index (χ1n) is 8.23. The van der Waals surface area contributed by atoms with E-state index in [0.717, 1.165) is 16.6 Å². The fourth-order valence-corrected chi connectivity index (χ4v) is 4.00. The van der Waals surface area contributed by atoms with Crippen LogP contribution in [0.4, 0.5) is 5.95 Å². The first kappa shape index (κ1) is 18.6. The van der Waals surface area contributed by atoms with E-state index in [1.807, 2.05) is 28.8 Å². The summed E-state index contributed by atoms with van der Waals surface area (Å²) in [6.45, 7) is 0.590. The quantitative estimate of drug-likeness (QED) is 0.247. The minimum Gasteiger partial charge on any atom is -0.450 e. The summed E-state index contributed by atoms with van der Waals surface area (Å²) in [5, 5.41) is 0.268. The molecule has 0 amide bonds. The zero-order valence-corrected chi connectivity index (χ0v) is 17.4. The van der Waals surface area contributed by atoms with Crippen LogP contribution in [-0.4, -0.2) is 26.1 Å². The van der Waals surface area contributed by atoms with Crippen molar-refractivity contribution in [3.63, 3.8) is 0 Å². The number of anilines is 1. The number of nitrogen functional groups attached to an aromatic ring is 1. The first-order chi connectivity index (χ1) is 13.1. The summed E-state index contributed by atoms with van der Waals surface area (Å²) in [7, 11) is -0.0440. The Morgan fingerprint density at radius 1 is 1.26 bits per heavy atom. The van der Waals surface area contributed by atoms with E-state index in [1.165, 1.54) is 0 Å². The summed E-state index contributed by atoms with van der Waals surface area (Å²) < 4.78 is 14.3. The van der Waals surface area contributed by atoms with Crippen LogP contribution in [0.1, 0.15) is 12.5 Å². The third kappa shape index (κ3) is 4.24. The molecule has 27 heavy (non-hydrogen) atoms. The molecule has 0 bridgehead atoms. The Labute approximate surface area is 171 Å². The van der Waals surface area contributed by atoms with E-state index in [9.17, 15) is 0 Å². The van der Waals surface area contributed by atoms with E-state index < -0.39 is 0 Å². The third-order valence-corrected chi connectivity index (χ3v) is 5.63. The molecule has 1 aliphatic carbocycles. The number of hydrogen-bond donors (Lipinski definition) is 1. The Kier molecular flexibility index (Phi) is 5.59. The predicted octanol–water partition coefficient (Wildman–Crippen LogP) is 4.55. The molecular formula is C17H16BrClN5O2P. The molecule has 0 radical (unpaired) electrons. The van der Waals surface area contributed by atoms with Crippen molar-refractivity contribution in [3.05, 3.63) is 52.4 Å². The monoisotopic (exact) mass is 467 g/mol. The summed E-state index contributed by atoms with van der Waals surface area (Å²) in [5.74, 6) is 1.22. The number of fused-ring (bicyclic) bond motifs is 1. The molecule has 7 nitrogen and oxygen atoms in total. The molecule has 0 saturated heterocycles. The molecule has 2 N–H and O–H groups in total. The highest BCUT2D eigenvalue weighted by atomic mass is 79.9. The van der Waals surface area contributed by atoms with Crippen LogP contribution in [-0.2, 0) is 4.52 Å². The van der Waals surface area contributed by atoms with E-state index in [4.69, 9.17) is 26.4 Å². The number of nitrogens with two attached hydrogens (primary N) is 1. The molecule has 1 aromatic carbocycles. The number of rotatable bonds is 6. The van der Waals surface area contributed by atoms with Crippen molar-refractivity contribution in [2.24, 2.45) is 5.92 Å². The Hall–Kier alpha value is -1.73. The number of nitrogens with zero attached hydrogens (tertiary/aromatic N) is 4. The van der Waals surface area contributed by atoms with Gasteiger partial charge in [-0.25, -0.2) is 4.98 Å². The first-order valence-corrected chi connectivity index (χ1v) is 10.2. The summed E-state index contributed by atoms with van der Waals surface area (Å²) >= 11 is 9.49. The van der Waals surface area contributed by atoms with Gasteiger partial charge in [0.25, 0.3) is 0 Å². The van der Waals surface area contributed by atoms with Crippen molar-refractivity contribution in [2.75, 3.05) is 12.3 Å². The maximum atomic E-state index is 6.09. The second-order valence-electron chi connectivity index (χ2n) is 6.10. The number of aromatic nitrogens is 4. The Morgan fingerprint density at radius 2 is 2.07 bits per heavy atom. The Bertz CT molecular complexity index is 981. The summed E-state index contributed by atoms with van der Waals surface area (Å²) in [4.78, 5) is 12.5. The van der Waals surface area contributed by atoms with Crippen molar-refractivity contribution in [3.8, 4) is 5.75 Å². The molecular weight excluding hydrogens is 453 g/mol. The smallest absolute Gasteiger partial charge is 0.223 e. The SMILES string of the molecule is Nc1nc(Cl)c2ncn([C@H]3C=C[C@@H](COPOc4ccc(Br)cc4)C3)c2n1. The number of hydrogen-bond acceptors (Lipinski definition) is 6. The van der Waals surface area contributed by atoms with Crippen molar-refractivity contribution >= 4 is 53.7 Å². The van der Waals surface area contributed by atoms with Gasteiger partial charge in [-0.05, 0) is 30.7 Å². The largest absolute Gasteiger partial charge is 0.450 e. The van der Waals surface area contributed by atoms with Crippen molar-refractivity contribution in [1.82, 2.24) is 19.5 Å². The number of allylic oxidation sites excluding steroid dienone is 1. The minimum absolute atomic E-state index is 0.0440. The van der Waals surface area contributed by atoms with E-state index in [0.29, 0.717) is 23.7 Å². The lowest BCUT2D eigenvalue weighted by atomic mass is 10.1. The molecule has 3 aromatic rings. The minimum atomic E-state index is -0.0440. The van der Waals surface area contributed by atoms with Crippen LogP contribution in [0.15, 0.2) is 47.2 Å². The second-order valence-corrected chi connectivity index (χ2v) is 8.03. The summed E-state index contributed by atoms with van der Waals surface area (Å²) in [6, 6.07) is 7.79. The molecule has 2 heterocycles. The molecule has 0 fully saturated rings. The molecule has 140 valence electrons. The highest BCUT2D eigenvalue weighted by molar-refractivity contribution is 9.10. The van der Waals surface area contributed by atoms with Crippen LogP contribution < -0.4 is 10.3 Å². The van der Waals surface area contributed by atoms with Crippen LogP contribution in [0.2, 0.25) is 5.15 Å². The van der Waals surface area contributed by atoms with E-state index in [-0.39, 0.29) is 26.2 Å². The maximum Gasteiger partial charge on any atom is 0.223 e. The fourth-order valence-electron chi connectivity index (χ4n) is 2.94. The highest BCUT2D eigenvalue weighted by Crippen LogP contribution is 2.33. The molecule has 10 heteroatoms. The van der Waals surface area contributed by atoms with Crippen molar-refractivity contribution in [2.45, 2.75) is 12.5 Å². The van der Waals surface area contributed by atoms with Crippen LogP contribution in [0, 0.1) is 5.92 Å². The normalized spacial score (nSPS) is 19.5. The predicted molar refractivity (Wildman–Crippen MR) is 110 cm³/mol. The van der Waals surface area contributed by atoms with Gasteiger partial charge < -0.3 is 19.3 Å². The van der Waals surface area contributed by atoms with Gasteiger partial charge in [0.05, 0.1) is 19.0 Å². The van der Waals surface area contributed by atoms with Crippen LogP contribution in [0.3, 0.4) is 0 Å². The average Bonchev–Trinajstić information content (AvgIpc) is 3.27. The molecule has 0 saturated carbocycles. The summed E-state index contributed by atoms with van der Waals surface area (Å²) in [6.07, 6.45) is 6.88. The van der Waals surface area contributed by atoms with Gasteiger partial charge in [-0.2, -0.15) is 9.97 Å². The zero-order valence-electron chi connectivity index (χ0n) is 14.0. The van der Waals surface area contributed by atoms with Crippen LogP contribution in [0.25, 0.3) is 11.2 Å². The van der Waals surface area contributed by atoms with Gasteiger partial charge >= 0.3 is 0 Å². The van der Waals surface area contributed by atoms with Crippen molar-refractivity contribution in [1.29, 1.82) is 0 Å². The molecule has 1 unspecified atom stereocenters. The van der Waals surface area contributed by atoms with Gasteiger partial charge in [0.15, 0.2) is 10.8 Å². The lowest BCUT2D eigenvalue weighted by molar-refractivity contribution is 0.278. The average molecular weight is 469 g/mol. The second kappa shape index (κ2) is 8.10. The Morgan fingerprint density at radius 3 is 2.89 bits per heavy atom. The maximum absolute atomic E-state index is 6.09. The number of benzene rings is 1. The number of imidazole rings is 1. The van der Waals surface area contributed by atoms with Gasteiger partial charge in [-0.3, -0.25) is 0 Å². The third-order valence-electron chi connectivity index (χ3n) is 4.23. The Balaban J connectivity index is 1.32. The standard InChI is InChI=1S/C17H16BrClN5O2P/c18-11-2-5-13(6-3-11)26-27-25-8-10-1-4-12(7-10)24-9-21-14-15(19)22-17(20)23-16(14)24/h1-6,9-10,12,27H,7-8H2,(H2,20,22,23)/t10-,12+/m1/s1. The fraction of sp³-hybridized carbons (Fsp3) is 0.235. The van der Waals surface area contributed by atoms with Gasteiger partial charge in [0.1, 0.15) is 11.3 Å². The topological polar surface area (TPSA) is 88.1 Å². The van der Waals surface area contributed by atoms with Gasteiger partial charge in [-0.15, -0.1) is 0 Å². The zero-order chi connectivity index (χ0) is 18.8. The van der Waals surface area contributed by atoms with Crippen molar-refractivity contribution < 1.29 is 9.05 Å². The molecule has 1 aliphatic rings. The van der Waals surface area contributed by atoms with Gasteiger partial charge in [-0.1, -0.05) is 39.7 Å². The van der Waals surface area contributed by atoms with Crippen LogP contribution >= 0.6 is 36.6 Å². The van der Waals surface area contributed by atoms with E-state index >= 15 is 0 Å². The highest BCUT2D eigenvalue weighted by Gasteiger charge is 2.23. The molecule has 2 aromatic heterocycles. The molecule has 4 rings (SSSR count). The van der Waals surface area contributed by atoms with Gasteiger partial charge in [0.2, 0.25) is 15.0 Å². The molecule has 3 atom stereocenters. The van der Waals surface area contributed by atoms with Gasteiger partial charge in [0, 0.05) is 10.4 Å². The molecule has 0 aliphatic heterocycles. The number of halogens is 2.